The third-order valence-electron chi connectivity index (χ3n) is 2.92. The van der Waals surface area contributed by atoms with E-state index in [1.54, 1.807) is 6.92 Å². The molecule has 1 saturated carbocycles. The fourth-order valence-corrected chi connectivity index (χ4v) is 3.43. The predicted molar refractivity (Wildman–Crippen MR) is 60.6 cm³/mol. The molecule has 7 heteroatoms. The monoisotopic (exact) mass is 271 g/mol. The standard InChI is InChI=1S/C10H19F2NO3S/c1-8(16-2)7-17(14,15)13-9-3-5-10(11,12)6-4-9/h8-9,13H,3-7H2,1-2H3. The lowest BCUT2D eigenvalue weighted by molar-refractivity contribution is -0.0388. The molecule has 4 nitrogen and oxygen atoms in total. The van der Waals surface area contributed by atoms with Crippen molar-refractivity contribution in [2.75, 3.05) is 12.9 Å². The zero-order valence-electron chi connectivity index (χ0n) is 10.1. The third-order valence-corrected chi connectivity index (χ3v) is 4.52. The zero-order chi connectivity index (χ0) is 13.1. The molecule has 0 spiro atoms. The second-order valence-electron chi connectivity index (χ2n) is 4.58. The van der Waals surface area contributed by atoms with Gasteiger partial charge in [0.15, 0.2) is 0 Å². The van der Waals surface area contributed by atoms with Crippen molar-refractivity contribution in [3.8, 4) is 0 Å². The SMILES string of the molecule is COC(C)CS(=O)(=O)NC1CCC(F)(F)CC1. The van der Waals surface area contributed by atoms with E-state index in [1.165, 1.54) is 7.11 Å². The van der Waals surface area contributed by atoms with Crippen LogP contribution < -0.4 is 4.72 Å². The van der Waals surface area contributed by atoms with Crippen molar-refractivity contribution in [3.63, 3.8) is 0 Å². The van der Waals surface area contributed by atoms with Gasteiger partial charge in [-0.2, -0.15) is 0 Å². The van der Waals surface area contributed by atoms with E-state index in [-0.39, 0.29) is 37.5 Å². The highest BCUT2D eigenvalue weighted by atomic mass is 32.2. The van der Waals surface area contributed by atoms with Crippen molar-refractivity contribution >= 4 is 10.0 Å². The smallest absolute Gasteiger partial charge is 0.248 e. The summed E-state index contributed by atoms with van der Waals surface area (Å²) in [4.78, 5) is 0. The number of rotatable bonds is 5. The molecule has 1 aliphatic carbocycles. The van der Waals surface area contributed by atoms with Gasteiger partial charge < -0.3 is 4.74 Å². The maximum atomic E-state index is 12.9. The molecule has 0 heterocycles. The van der Waals surface area contributed by atoms with Gasteiger partial charge in [0.2, 0.25) is 15.9 Å². The van der Waals surface area contributed by atoms with Gasteiger partial charge in [-0.05, 0) is 19.8 Å². The van der Waals surface area contributed by atoms with Crippen molar-refractivity contribution in [3.05, 3.63) is 0 Å². The van der Waals surface area contributed by atoms with Gasteiger partial charge in [-0.1, -0.05) is 0 Å². The Morgan fingerprint density at radius 3 is 2.41 bits per heavy atom. The Hall–Kier alpha value is -0.270. The Morgan fingerprint density at radius 2 is 1.94 bits per heavy atom. The number of halogens is 2. The van der Waals surface area contributed by atoms with Gasteiger partial charge in [0.05, 0.1) is 11.9 Å². The summed E-state index contributed by atoms with van der Waals surface area (Å²) in [6.07, 6.45) is -0.529. The summed E-state index contributed by atoms with van der Waals surface area (Å²) in [5, 5.41) is 0. The van der Waals surface area contributed by atoms with E-state index in [0.29, 0.717) is 0 Å². The molecular weight excluding hydrogens is 252 g/mol. The summed E-state index contributed by atoms with van der Waals surface area (Å²) < 4.78 is 56.4. The Morgan fingerprint density at radius 1 is 1.41 bits per heavy atom. The molecule has 102 valence electrons. The second-order valence-corrected chi connectivity index (χ2v) is 6.37. The number of nitrogens with one attached hydrogen (secondary N) is 1. The average molecular weight is 271 g/mol. The molecule has 1 aliphatic rings. The molecule has 0 aromatic rings. The van der Waals surface area contributed by atoms with E-state index >= 15 is 0 Å². The molecule has 0 aromatic carbocycles. The van der Waals surface area contributed by atoms with Crippen LogP contribution in [-0.2, 0) is 14.8 Å². The van der Waals surface area contributed by atoms with Crippen LogP contribution in [0.4, 0.5) is 8.78 Å². The van der Waals surface area contributed by atoms with Crippen LogP contribution in [0.1, 0.15) is 32.6 Å². The molecule has 1 N–H and O–H groups in total. The maximum absolute atomic E-state index is 12.9. The van der Waals surface area contributed by atoms with Crippen LogP contribution in [-0.4, -0.2) is 39.3 Å². The van der Waals surface area contributed by atoms with Gasteiger partial charge >= 0.3 is 0 Å². The first-order valence-electron chi connectivity index (χ1n) is 5.65. The highest BCUT2D eigenvalue weighted by Crippen LogP contribution is 2.33. The van der Waals surface area contributed by atoms with E-state index in [2.05, 4.69) is 4.72 Å². The summed E-state index contributed by atoms with van der Waals surface area (Å²) in [5.41, 5.74) is 0. The van der Waals surface area contributed by atoms with Crippen molar-refractivity contribution in [2.45, 2.75) is 50.7 Å². The minimum atomic E-state index is -3.45. The molecule has 1 fully saturated rings. The lowest BCUT2D eigenvalue weighted by Gasteiger charge is -2.28. The molecule has 0 radical (unpaired) electrons. The number of sulfonamides is 1. The first-order valence-corrected chi connectivity index (χ1v) is 7.30. The maximum Gasteiger partial charge on any atom is 0.248 e. The molecular formula is C10H19F2NO3S. The lowest BCUT2D eigenvalue weighted by Crippen LogP contribution is -2.42. The molecule has 0 amide bonds. The first-order chi connectivity index (χ1) is 7.74. The minimum Gasteiger partial charge on any atom is -0.381 e. The third kappa shape index (κ3) is 5.27. The van der Waals surface area contributed by atoms with Gasteiger partial charge in [-0.3, -0.25) is 0 Å². The highest BCUT2D eigenvalue weighted by molar-refractivity contribution is 7.89. The van der Waals surface area contributed by atoms with Gasteiger partial charge in [-0.25, -0.2) is 21.9 Å². The van der Waals surface area contributed by atoms with Crippen LogP contribution in [0.5, 0.6) is 0 Å². The number of hydrogen-bond acceptors (Lipinski definition) is 3. The number of ether oxygens (including phenoxy) is 1. The Kier molecular flexibility index (Phi) is 4.86. The topological polar surface area (TPSA) is 55.4 Å². The van der Waals surface area contributed by atoms with Crippen LogP contribution in [0, 0.1) is 0 Å². The zero-order valence-corrected chi connectivity index (χ0v) is 10.9. The van der Waals surface area contributed by atoms with Gasteiger partial charge in [-0.15, -0.1) is 0 Å². The summed E-state index contributed by atoms with van der Waals surface area (Å²) in [6, 6.07) is -0.372. The molecule has 0 bridgehead atoms. The lowest BCUT2D eigenvalue weighted by atomic mass is 9.93. The second kappa shape index (κ2) is 5.58. The molecule has 1 atom stereocenters. The molecule has 0 aromatic heterocycles. The Balaban J connectivity index is 2.44. The van der Waals surface area contributed by atoms with E-state index in [4.69, 9.17) is 4.74 Å². The van der Waals surface area contributed by atoms with Crippen LogP contribution in [0.2, 0.25) is 0 Å². The molecule has 17 heavy (non-hydrogen) atoms. The molecule has 0 saturated heterocycles. The summed E-state index contributed by atoms with van der Waals surface area (Å²) in [5.74, 6) is -2.78. The first kappa shape index (κ1) is 14.8. The summed E-state index contributed by atoms with van der Waals surface area (Å²) >= 11 is 0. The normalized spacial score (nSPS) is 23.5. The minimum absolute atomic E-state index is 0.142. The van der Waals surface area contributed by atoms with Crippen molar-refractivity contribution < 1.29 is 21.9 Å². The number of hydrogen-bond donors (Lipinski definition) is 1. The fourth-order valence-electron chi connectivity index (χ4n) is 1.84. The highest BCUT2D eigenvalue weighted by Gasteiger charge is 2.36. The number of alkyl halides is 2. The van der Waals surface area contributed by atoms with Gasteiger partial charge in [0.25, 0.3) is 0 Å². The van der Waals surface area contributed by atoms with E-state index in [1.807, 2.05) is 0 Å². The quantitative estimate of drug-likeness (QED) is 0.825. The predicted octanol–water partition coefficient (Wildman–Crippen LogP) is 1.52. The largest absolute Gasteiger partial charge is 0.381 e. The van der Waals surface area contributed by atoms with Crippen LogP contribution in [0.15, 0.2) is 0 Å². The van der Waals surface area contributed by atoms with E-state index < -0.39 is 22.0 Å². The van der Waals surface area contributed by atoms with Crippen molar-refractivity contribution in [1.82, 2.24) is 4.72 Å². The number of methoxy groups -OCH3 is 1. The Labute approximate surface area is 101 Å². The van der Waals surface area contributed by atoms with Gasteiger partial charge in [0.1, 0.15) is 0 Å². The van der Waals surface area contributed by atoms with Crippen molar-refractivity contribution in [1.29, 1.82) is 0 Å². The fraction of sp³-hybridized carbons (Fsp3) is 1.00. The van der Waals surface area contributed by atoms with E-state index in [9.17, 15) is 17.2 Å². The van der Waals surface area contributed by atoms with Crippen LogP contribution in [0.3, 0.4) is 0 Å². The summed E-state index contributed by atoms with van der Waals surface area (Å²) in [6.45, 7) is 1.65. The molecule has 0 aliphatic heterocycles. The molecule has 1 unspecified atom stereocenters. The summed E-state index contributed by atoms with van der Waals surface area (Å²) in [7, 11) is -2.02. The van der Waals surface area contributed by atoms with Crippen LogP contribution >= 0.6 is 0 Å². The van der Waals surface area contributed by atoms with Crippen molar-refractivity contribution in [2.24, 2.45) is 0 Å². The van der Waals surface area contributed by atoms with Crippen LogP contribution in [0.25, 0.3) is 0 Å². The molecule has 1 rings (SSSR count). The van der Waals surface area contributed by atoms with Gasteiger partial charge in [0, 0.05) is 26.0 Å². The van der Waals surface area contributed by atoms with E-state index in [0.717, 1.165) is 0 Å². The Bertz CT molecular complexity index is 335. The average Bonchev–Trinajstić information content (AvgIpc) is 2.20.